The van der Waals surface area contributed by atoms with Gasteiger partial charge in [0.25, 0.3) is 0 Å². The minimum Gasteiger partial charge on any atom is -0.457 e. The summed E-state index contributed by atoms with van der Waals surface area (Å²) in [5.74, 6) is -0.468. The quantitative estimate of drug-likeness (QED) is 0.787. The molecule has 19 heavy (non-hydrogen) atoms. The highest BCUT2D eigenvalue weighted by atomic mass is 16.5. The van der Waals surface area contributed by atoms with Crippen molar-refractivity contribution >= 4 is 5.97 Å². The average Bonchev–Trinajstić information content (AvgIpc) is 2.46. The smallest absolute Gasteiger partial charge is 0.339 e. The van der Waals surface area contributed by atoms with Crippen LogP contribution in [-0.4, -0.2) is 5.97 Å². The van der Waals surface area contributed by atoms with Crippen LogP contribution in [0.4, 0.5) is 0 Å². The maximum Gasteiger partial charge on any atom is 0.339 e. The summed E-state index contributed by atoms with van der Waals surface area (Å²) in [4.78, 5) is 12.0. The Hall–Kier alpha value is -2.60. The fourth-order valence-corrected chi connectivity index (χ4v) is 1.73. The highest BCUT2D eigenvalue weighted by Gasteiger charge is 2.13. The molecule has 0 aliphatic heterocycles. The van der Waals surface area contributed by atoms with E-state index in [0.717, 1.165) is 11.1 Å². The number of carbonyl (C=O) groups excluding carboxylic acids is 1. The molecule has 0 saturated carbocycles. The second-order valence-electron chi connectivity index (χ2n) is 4.22. The molecule has 3 heteroatoms. The number of esters is 1. The lowest BCUT2D eigenvalue weighted by Crippen LogP contribution is -2.07. The van der Waals surface area contributed by atoms with Crippen LogP contribution >= 0.6 is 0 Å². The molecule has 94 valence electrons. The van der Waals surface area contributed by atoms with Gasteiger partial charge >= 0.3 is 5.97 Å². The molecule has 0 bridgehead atoms. The lowest BCUT2D eigenvalue weighted by molar-refractivity contribution is 0.0472. The van der Waals surface area contributed by atoms with Gasteiger partial charge in [-0.05, 0) is 24.6 Å². The van der Waals surface area contributed by atoms with Crippen LogP contribution in [0.5, 0.6) is 0 Å². The van der Waals surface area contributed by atoms with Gasteiger partial charge in [0.1, 0.15) is 12.7 Å². The van der Waals surface area contributed by atoms with Gasteiger partial charge in [0.15, 0.2) is 0 Å². The topological polar surface area (TPSA) is 50.1 Å². The largest absolute Gasteiger partial charge is 0.457 e. The van der Waals surface area contributed by atoms with E-state index < -0.39 is 5.97 Å². The van der Waals surface area contributed by atoms with Crippen LogP contribution in [0.1, 0.15) is 27.0 Å². The highest BCUT2D eigenvalue weighted by molar-refractivity contribution is 5.92. The maximum atomic E-state index is 12.0. The third-order valence-electron chi connectivity index (χ3n) is 2.73. The molecule has 0 fully saturated rings. The van der Waals surface area contributed by atoms with Crippen molar-refractivity contribution in [1.29, 1.82) is 5.26 Å². The van der Waals surface area contributed by atoms with Crippen LogP contribution in [0.2, 0.25) is 0 Å². The molecular weight excluding hydrogens is 238 g/mol. The number of aryl methyl sites for hydroxylation is 1. The van der Waals surface area contributed by atoms with E-state index in [0.29, 0.717) is 11.1 Å². The Kier molecular flexibility index (Phi) is 3.94. The SMILES string of the molecule is Cc1ccc(C#N)c(C(=O)OCc2ccccc2)c1. The van der Waals surface area contributed by atoms with Gasteiger partial charge in [-0.15, -0.1) is 0 Å². The number of hydrogen-bond acceptors (Lipinski definition) is 3. The summed E-state index contributed by atoms with van der Waals surface area (Å²) in [6.45, 7) is 2.08. The molecule has 0 amide bonds. The molecule has 0 heterocycles. The van der Waals surface area contributed by atoms with Crippen LogP contribution < -0.4 is 0 Å². The van der Waals surface area contributed by atoms with E-state index in [1.807, 2.05) is 43.3 Å². The summed E-state index contributed by atoms with van der Waals surface area (Å²) in [5, 5.41) is 8.99. The van der Waals surface area contributed by atoms with Crippen LogP contribution in [0, 0.1) is 18.3 Å². The lowest BCUT2D eigenvalue weighted by atomic mass is 10.1. The minimum absolute atomic E-state index is 0.207. The fourth-order valence-electron chi connectivity index (χ4n) is 1.73. The molecule has 0 spiro atoms. The predicted octanol–water partition coefficient (Wildman–Crippen LogP) is 3.22. The van der Waals surface area contributed by atoms with E-state index >= 15 is 0 Å². The van der Waals surface area contributed by atoms with Gasteiger partial charge in [0.05, 0.1) is 11.1 Å². The predicted molar refractivity (Wildman–Crippen MR) is 71.5 cm³/mol. The zero-order valence-electron chi connectivity index (χ0n) is 10.6. The number of carbonyl (C=O) groups is 1. The minimum atomic E-state index is -0.468. The van der Waals surface area contributed by atoms with Gasteiger partial charge in [0.2, 0.25) is 0 Å². The van der Waals surface area contributed by atoms with Crippen molar-refractivity contribution in [3.8, 4) is 6.07 Å². The number of hydrogen-bond donors (Lipinski definition) is 0. The van der Waals surface area contributed by atoms with Gasteiger partial charge < -0.3 is 4.74 Å². The van der Waals surface area contributed by atoms with Crippen molar-refractivity contribution in [2.45, 2.75) is 13.5 Å². The molecule has 2 aromatic carbocycles. The van der Waals surface area contributed by atoms with Gasteiger partial charge in [-0.25, -0.2) is 4.79 Å². The van der Waals surface area contributed by atoms with Gasteiger partial charge in [-0.3, -0.25) is 0 Å². The molecular formula is C16H13NO2. The summed E-state index contributed by atoms with van der Waals surface area (Å²) >= 11 is 0. The molecule has 0 radical (unpaired) electrons. The highest BCUT2D eigenvalue weighted by Crippen LogP contribution is 2.13. The standard InChI is InChI=1S/C16H13NO2/c1-12-7-8-14(10-17)15(9-12)16(18)19-11-13-5-3-2-4-6-13/h2-9H,11H2,1H3. The van der Waals surface area contributed by atoms with E-state index in [-0.39, 0.29) is 6.61 Å². The fraction of sp³-hybridized carbons (Fsp3) is 0.125. The van der Waals surface area contributed by atoms with E-state index in [1.165, 1.54) is 0 Å². The van der Waals surface area contributed by atoms with Crippen molar-refractivity contribution < 1.29 is 9.53 Å². The first-order chi connectivity index (χ1) is 9.20. The molecule has 0 unspecified atom stereocenters. The maximum absolute atomic E-state index is 12.0. The average molecular weight is 251 g/mol. The second kappa shape index (κ2) is 5.83. The van der Waals surface area contributed by atoms with Crippen molar-refractivity contribution in [1.82, 2.24) is 0 Å². The van der Waals surface area contributed by atoms with Crippen LogP contribution in [0.15, 0.2) is 48.5 Å². The molecule has 0 N–H and O–H groups in total. The molecule has 0 aliphatic rings. The number of rotatable bonds is 3. The summed E-state index contributed by atoms with van der Waals surface area (Å²) < 4.78 is 5.22. The second-order valence-corrected chi connectivity index (χ2v) is 4.22. The third-order valence-corrected chi connectivity index (χ3v) is 2.73. The van der Waals surface area contributed by atoms with Crippen LogP contribution in [0.3, 0.4) is 0 Å². The normalized spacial score (nSPS) is 9.68. The summed E-state index contributed by atoms with van der Waals surface area (Å²) in [5.41, 5.74) is 2.50. The molecule has 0 saturated heterocycles. The summed E-state index contributed by atoms with van der Waals surface area (Å²) in [6, 6.07) is 16.5. The summed E-state index contributed by atoms with van der Waals surface area (Å²) in [6.07, 6.45) is 0. The van der Waals surface area contributed by atoms with E-state index in [9.17, 15) is 4.79 Å². The van der Waals surface area contributed by atoms with Crippen molar-refractivity contribution in [3.05, 3.63) is 70.8 Å². The lowest BCUT2D eigenvalue weighted by Gasteiger charge is -2.07. The Balaban J connectivity index is 2.13. The van der Waals surface area contributed by atoms with Crippen LogP contribution in [-0.2, 0) is 11.3 Å². The Bertz CT molecular complexity index is 627. The zero-order chi connectivity index (χ0) is 13.7. The van der Waals surface area contributed by atoms with Gasteiger partial charge in [-0.2, -0.15) is 5.26 Å². The first-order valence-corrected chi connectivity index (χ1v) is 5.92. The van der Waals surface area contributed by atoms with Crippen molar-refractivity contribution in [2.24, 2.45) is 0 Å². The molecule has 2 rings (SSSR count). The molecule has 2 aromatic rings. The zero-order valence-corrected chi connectivity index (χ0v) is 10.6. The van der Waals surface area contributed by atoms with Gasteiger partial charge in [-0.1, -0.05) is 42.0 Å². The first-order valence-electron chi connectivity index (χ1n) is 5.92. The first kappa shape index (κ1) is 12.8. The van der Waals surface area contributed by atoms with E-state index in [4.69, 9.17) is 10.00 Å². The molecule has 0 atom stereocenters. The van der Waals surface area contributed by atoms with E-state index in [2.05, 4.69) is 0 Å². The number of nitriles is 1. The monoisotopic (exact) mass is 251 g/mol. The Morgan fingerprint density at radius 3 is 2.63 bits per heavy atom. The van der Waals surface area contributed by atoms with Crippen molar-refractivity contribution in [2.75, 3.05) is 0 Å². The third kappa shape index (κ3) is 3.20. The summed E-state index contributed by atoms with van der Waals surface area (Å²) in [7, 11) is 0. The Morgan fingerprint density at radius 1 is 1.21 bits per heavy atom. The van der Waals surface area contributed by atoms with Gasteiger partial charge in [0, 0.05) is 0 Å². The Morgan fingerprint density at radius 2 is 1.95 bits per heavy atom. The van der Waals surface area contributed by atoms with Crippen LogP contribution in [0.25, 0.3) is 0 Å². The van der Waals surface area contributed by atoms with E-state index in [1.54, 1.807) is 18.2 Å². The molecule has 3 nitrogen and oxygen atoms in total. The number of benzene rings is 2. The molecule has 0 aromatic heterocycles. The molecule has 0 aliphatic carbocycles. The van der Waals surface area contributed by atoms with Crippen molar-refractivity contribution in [3.63, 3.8) is 0 Å². The Labute approximate surface area is 112 Å². The number of nitrogens with zero attached hydrogens (tertiary/aromatic N) is 1. The number of ether oxygens (including phenoxy) is 1.